The number of piperazine rings is 1. The van der Waals surface area contributed by atoms with Gasteiger partial charge in [-0.25, -0.2) is 22.4 Å². The molecule has 0 unspecified atom stereocenters. The monoisotopic (exact) mass is 438 g/mol. The second-order valence-corrected chi connectivity index (χ2v) is 8.63. The van der Waals surface area contributed by atoms with Gasteiger partial charge in [-0.05, 0) is 25.1 Å². The molecule has 2 N–H and O–H groups in total. The Bertz CT molecular complexity index is 975. The second-order valence-electron chi connectivity index (χ2n) is 6.70. The standard InChI is InChI=1S/C18H21FN2O2S.C2H2O4/c1-15-6-8-17(9-7-15)24(22,23)21-12-10-20(11-13-21)14-16-4-2-3-5-18(16)19;3-1(4)2(5)6/h2-9H,10-14H2,1H3;(H,3,4)(H,5,6). The van der Waals surface area contributed by atoms with Gasteiger partial charge < -0.3 is 10.2 Å². The van der Waals surface area contributed by atoms with Crippen molar-refractivity contribution in [1.29, 1.82) is 0 Å². The first-order valence-electron chi connectivity index (χ1n) is 9.10. The average molecular weight is 438 g/mol. The van der Waals surface area contributed by atoms with Crippen molar-refractivity contribution in [2.75, 3.05) is 26.2 Å². The van der Waals surface area contributed by atoms with E-state index >= 15 is 0 Å². The van der Waals surface area contributed by atoms with Gasteiger partial charge in [-0.1, -0.05) is 35.9 Å². The van der Waals surface area contributed by atoms with E-state index in [9.17, 15) is 12.8 Å². The minimum Gasteiger partial charge on any atom is -0.473 e. The van der Waals surface area contributed by atoms with Crippen LogP contribution in [0.4, 0.5) is 4.39 Å². The molecular weight excluding hydrogens is 415 g/mol. The zero-order valence-corrected chi connectivity index (χ0v) is 17.2. The molecule has 0 bridgehead atoms. The van der Waals surface area contributed by atoms with Gasteiger partial charge in [-0.2, -0.15) is 4.31 Å². The Morgan fingerprint density at radius 3 is 1.97 bits per heavy atom. The van der Waals surface area contributed by atoms with Crippen LogP contribution in [-0.2, 0) is 26.2 Å². The van der Waals surface area contributed by atoms with Crippen LogP contribution in [0.1, 0.15) is 11.1 Å². The third kappa shape index (κ3) is 6.34. The third-order valence-corrected chi connectivity index (χ3v) is 6.44. The highest BCUT2D eigenvalue weighted by Crippen LogP contribution is 2.19. The van der Waals surface area contributed by atoms with Gasteiger partial charge in [0.25, 0.3) is 0 Å². The molecule has 0 amide bonds. The normalized spacial score (nSPS) is 15.1. The Kier molecular flexibility index (Phi) is 8.04. The molecule has 0 spiro atoms. The summed E-state index contributed by atoms with van der Waals surface area (Å²) in [5.41, 5.74) is 1.68. The summed E-state index contributed by atoms with van der Waals surface area (Å²) in [6.45, 7) is 4.47. The fourth-order valence-corrected chi connectivity index (χ4v) is 4.28. The van der Waals surface area contributed by atoms with E-state index in [1.165, 1.54) is 10.4 Å². The van der Waals surface area contributed by atoms with Gasteiger partial charge in [0.05, 0.1) is 4.90 Å². The topological polar surface area (TPSA) is 115 Å². The zero-order valence-electron chi connectivity index (χ0n) is 16.4. The van der Waals surface area contributed by atoms with E-state index in [1.807, 2.05) is 13.0 Å². The summed E-state index contributed by atoms with van der Waals surface area (Å²) >= 11 is 0. The minimum atomic E-state index is -3.45. The number of hydrogen-bond acceptors (Lipinski definition) is 5. The Labute approximate surface area is 174 Å². The van der Waals surface area contributed by atoms with Gasteiger partial charge in [0.2, 0.25) is 10.0 Å². The predicted octanol–water partition coefficient (Wildman–Crippen LogP) is 1.80. The number of carboxylic acids is 2. The fraction of sp³-hybridized carbons (Fsp3) is 0.300. The lowest BCUT2D eigenvalue weighted by molar-refractivity contribution is -0.159. The summed E-state index contributed by atoms with van der Waals surface area (Å²) in [6, 6.07) is 13.6. The fourth-order valence-electron chi connectivity index (χ4n) is 2.85. The van der Waals surface area contributed by atoms with Gasteiger partial charge in [0.15, 0.2) is 0 Å². The smallest absolute Gasteiger partial charge is 0.414 e. The Hall–Kier alpha value is -2.82. The molecule has 0 radical (unpaired) electrons. The maximum atomic E-state index is 13.7. The van der Waals surface area contributed by atoms with Crippen molar-refractivity contribution < 1.29 is 32.6 Å². The van der Waals surface area contributed by atoms with Crippen LogP contribution >= 0.6 is 0 Å². The van der Waals surface area contributed by atoms with E-state index in [4.69, 9.17) is 19.8 Å². The molecule has 2 aromatic rings. The number of hydrogen-bond donors (Lipinski definition) is 2. The molecule has 162 valence electrons. The Morgan fingerprint density at radius 1 is 0.933 bits per heavy atom. The molecule has 8 nitrogen and oxygen atoms in total. The van der Waals surface area contributed by atoms with Crippen molar-refractivity contribution in [2.24, 2.45) is 0 Å². The molecule has 1 saturated heterocycles. The third-order valence-electron chi connectivity index (χ3n) is 4.52. The van der Waals surface area contributed by atoms with E-state index < -0.39 is 22.0 Å². The van der Waals surface area contributed by atoms with Gasteiger partial charge in [-0.15, -0.1) is 0 Å². The van der Waals surface area contributed by atoms with Crippen molar-refractivity contribution in [3.8, 4) is 0 Å². The van der Waals surface area contributed by atoms with Crippen LogP contribution in [0.25, 0.3) is 0 Å². The second kappa shape index (κ2) is 10.3. The summed E-state index contributed by atoms with van der Waals surface area (Å²) in [6.07, 6.45) is 0. The van der Waals surface area contributed by atoms with Crippen LogP contribution in [-0.4, -0.2) is 66.0 Å². The molecule has 1 fully saturated rings. The van der Waals surface area contributed by atoms with Crippen molar-refractivity contribution in [1.82, 2.24) is 9.21 Å². The quantitative estimate of drug-likeness (QED) is 0.700. The number of aliphatic carboxylic acids is 2. The molecular formula is C20H23FN2O6S. The first kappa shape index (κ1) is 23.5. The summed E-state index contributed by atoms with van der Waals surface area (Å²) in [7, 11) is -3.45. The average Bonchev–Trinajstić information content (AvgIpc) is 2.71. The minimum absolute atomic E-state index is 0.216. The van der Waals surface area contributed by atoms with Crippen molar-refractivity contribution in [3.63, 3.8) is 0 Å². The summed E-state index contributed by atoms with van der Waals surface area (Å²) < 4.78 is 40.6. The highest BCUT2D eigenvalue weighted by atomic mass is 32.2. The number of rotatable bonds is 4. The molecule has 1 heterocycles. The molecule has 0 aromatic heterocycles. The molecule has 1 aliphatic heterocycles. The molecule has 30 heavy (non-hydrogen) atoms. The van der Waals surface area contributed by atoms with Crippen LogP contribution in [0.3, 0.4) is 0 Å². The van der Waals surface area contributed by atoms with Gasteiger partial charge >= 0.3 is 11.9 Å². The number of carboxylic acid groups (broad SMARTS) is 2. The number of benzene rings is 2. The zero-order chi connectivity index (χ0) is 22.3. The number of aryl methyl sites for hydroxylation is 1. The van der Waals surface area contributed by atoms with E-state index in [0.717, 1.165) is 5.56 Å². The number of nitrogens with zero attached hydrogens (tertiary/aromatic N) is 2. The highest BCUT2D eigenvalue weighted by Gasteiger charge is 2.28. The first-order valence-corrected chi connectivity index (χ1v) is 10.5. The predicted molar refractivity (Wildman–Crippen MR) is 107 cm³/mol. The van der Waals surface area contributed by atoms with Crippen LogP contribution in [0, 0.1) is 12.7 Å². The molecule has 1 aliphatic rings. The number of carbonyl (C=O) groups is 2. The lowest BCUT2D eigenvalue weighted by atomic mass is 10.2. The molecule has 0 saturated carbocycles. The Morgan fingerprint density at radius 2 is 1.47 bits per heavy atom. The van der Waals surface area contributed by atoms with E-state index in [-0.39, 0.29) is 5.82 Å². The van der Waals surface area contributed by atoms with Crippen LogP contribution < -0.4 is 0 Å². The van der Waals surface area contributed by atoms with Gasteiger partial charge in [0, 0.05) is 38.3 Å². The largest absolute Gasteiger partial charge is 0.473 e. The number of sulfonamides is 1. The van der Waals surface area contributed by atoms with Gasteiger partial charge in [0.1, 0.15) is 5.82 Å². The molecule has 3 rings (SSSR count). The van der Waals surface area contributed by atoms with E-state index in [1.54, 1.807) is 36.4 Å². The van der Waals surface area contributed by atoms with Crippen LogP contribution in [0.5, 0.6) is 0 Å². The Balaban J connectivity index is 0.000000469. The molecule has 10 heteroatoms. The number of halogens is 1. The van der Waals surface area contributed by atoms with E-state index in [0.29, 0.717) is 43.2 Å². The summed E-state index contributed by atoms with van der Waals surface area (Å²) in [5.74, 6) is -3.86. The lowest BCUT2D eigenvalue weighted by Crippen LogP contribution is -2.48. The maximum Gasteiger partial charge on any atom is 0.414 e. The van der Waals surface area contributed by atoms with Crippen molar-refractivity contribution in [2.45, 2.75) is 18.4 Å². The van der Waals surface area contributed by atoms with Crippen molar-refractivity contribution in [3.05, 3.63) is 65.5 Å². The highest BCUT2D eigenvalue weighted by molar-refractivity contribution is 7.89. The van der Waals surface area contributed by atoms with Crippen LogP contribution in [0.15, 0.2) is 53.4 Å². The van der Waals surface area contributed by atoms with Gasteiger partial charge in [-0.3, -0.25) is 4.90 Å². The first-order chi connectivity index (χ1) is 14.1. The maximum absolute atomic E-state index is 13.7. The van der Waals surface area contributed by atoms with E-state index in [2.05, 4.69) is 4.90 Å². The molecule has 0 aliphatic carbocycles. The SMILES string of the molecule is Cc1ccc(S(=O)(=O)N2CCN(Cc3ccccc3F)CC2)cc1.O=C(O)C(=O)O. The molecule has 0 atom stereocenters. The molecule has 2 aromatic carbocycles. The lowest BCUT2D eigenvalue weighted by Gasteiger charge is -2.34. The van der Waals surface area contributed by atoms with Crippen molar-refractivity contribution >= 4 is 22.0 Å². The summed E-state index contributed by atoms with van der Waals surface area (Å²) in [5, 5.41) is 14.8. The van der Waals surface area contributed by atoms with Crippen LogP contribution in [0.2, 0.25) is 0 Å². The summed E-state index contributed by atoms with van der Waals surface area (Å²) in [4.78, 5) is 20.6.